The SMILES string of the molecule is COc1c(Br)cc(C)c(C)c1-c1cc(C(=O)O)on1. The second kappa shape index (κ2) is 5.05. The summed E-state index contributed by atoms with van der Waals surface area (Å²) >= 11 is 3.43. The van der Waals surface area contributed by atoms with Crippen LogP contribution < -0.4 is 4.74 Å². The molecule has 2 aromatic rings. The van der Waals surface area contributed by atoms with Crippen LogP contribution in [0.3, 0.4) is 0 Å². The number of hydrogen-bond acceptors (Lipinski definition) is 4. The van der Waals surface area contributed by atoms with Gasteiger partial charge >= 0.3 is 5.97 Å². The highest BCUT2D eigenvalue weighted by Gasteiger charge is 2.20. The molecule has 0 saturated carbocycles. The summed E-state index contributed by atoms with van der Waals surface area (Å²) < 4.78 is 10.9. The summed E-state index contributed by atoms with van der Waals surface area (Å²) in [4.78, 5) is 10.8. The Bertz CT molecular complexity index is 648. The minimum atomic E-state index is -1.15. The van der Waals surface area contributed by atoms with Gasteiger partial charge in [0.15, 0.2) is 0 Å². The average Bonchev–Trinajstić information content (AvgIpc) is 2.82. The van der Waals surface area contributed by atoms with Gasteiger partial charge < -0.3 is 14.4 Å². The lowest BCUT2D eigenvalue weighted by molar-refractivity contribution is 0.0652. The molecule has 0 atom stereocenters. The number of carboxylic acids is 1. The fraction of sp³-hybridized carbons (Fsp3) is 0.231. The molecule has 1 heterocycles. The first-order valence-corrected chi connectivity index (χ1v) is 6.29. The molecule has 1 aromatic heterocycles. The smallest absolute Gasteiger partial charge is 0.374 e. The molecule has 100 valence electrons. The normalized spacial score (nSPS) is 10.5. The molecule has 0 aliphatic heterocycles. The van der Waals surface area contributed by atoms with Crippen LogP contribution >= 0.6 is 15.9 Å². The van der Waals surface area contributed by atoms with Crippen LogP contribution in [0.4, 0.5) is 0 Å². The number of carboxylic acid groups (broad SMARTS) is 1. The molecule has 0 radical (unpaired) electrons. The Morgan fingerprint density at radius 2 is 2.11 bits per heavy atom. The third-order valence-electron chi connectivity index (χ3n) is 2.93. The summed E-state index contributed by atoms with van der Waals surface area (Å²) in [5.41, 5.74) is 3.18. The highest BCUT2D eigenvalue weighted by atomic mass is 79.9. The standard InChI is InChI=1S/C13H12BrNO4/c1-6-4-8(14)12(18-3)11(7(6)2)9-5-10(13(16)17)19-15-9/h4-5H,1-3H3,(H,16,17). The molecule has 0 unspecified atom stereocenters. The summed E-state index contributed by atoms with van der Waals surface area (Å²) in [6, 6.07) is 3.33. The van der Waals surface area contributed by atoms with E-state index in [1.54, 1.807) is 7.11 Å². The minimum Gasteiger partial charge on any atom is -0.495 e. The minimum absolute atomic E-state index is 0.200. The van der Waals surface area contributed by atoms with Crippen molar-refractivity contribution in [2.75, 3.05) is 7.11 Å². The molecule has 0 amide bonds. The van der Waals surface area contributed by atoms with Crippen molar-refractivity contribution in [1.82, 2.24) is 5.16 Å². The maximum absolute atomic E-state index is 10.8. The third kappa shape index (κ3) is 2.35. The van der Waals surface area contributed by atoms with E-state index >= 15 is 0 Å². The fourth-order valence-electron chi connectivity index (χ4n) is 1.85. The number of nitrogens with zero attached hydrogens (tertiary/aromatic N) is 1. The topological polar surface area (TPSA) is 72.6 Å². The van der Waals surface area contributed by atoms with Crippen molar-refractivity contribution >= 4 is 21.9 Å². The molecular weight excluding hydrogens is 314 g/mol. The monoisotopic (exact) mass is 325 g/mol. The van der Waals surface area contributed by atoms with Crippen molar-refractivity contribution in [2.24, 2.45) is 0 Å². The van der Waals surface area contributed by atoms with Crippen LogP contribution in [-0.4, -0.2) is 23.3 Å². The van der Waals surface area contributed by atoms with Gasteiger partial charge in [-0.2, -0.15) is 0 Å². The van der Waals surface area contributed by atoms with Crippen molar-refractivity contribution in [2.45, 2.75) is 13.8 Å². The predicted octanol–water partition coefficient (Wildman–Crippen LogP) is 3.43. The van der Waals surface area contributed by atoms with Crippen LogP contribution in [0.25, 0.3) is 11.3 Å². The molecule has 19 heavy (non-hydrogen) atoms. The van der Waals surface area contributed by atoms with Crippen LogP contribution in [-0.2, 0) is 0 Å². The van der Waals surface area contributed by atoms with Crippen molar-refractivity contribution < 1.29 is 19.2 Å². The number of methoxy groups -OCH3 is 1. The maximum atomic E-state index is 10.8. The summed E-state index contributed by atoms with van der Waals surface area (Å²) in [5.74, 6) is -0.746. The van der Waals surface area contributed by atoms with Crippen LogP contribution in [0.2, 0.25) is 0 Å². The summed E-state index contributed by atoms with van der Waals surface area (Å²) in [6.07, 6.45) is 0. The van der Waals surface area contributed by atoms with Crippen molar-refractivity contribution in [3.05, 3.63) is 33.5 Å². The molecule has 0 fully saturated rings. The lowest BCUT2D eigenvalue weighted by Gasteiger charge is -2.13. The molecule has 0 spiro atoms. The molecule has 1 N–H and O–H groups in total. The maximum Gasteiger partial charge on any atom is 0.374 e. The molecule has 6 heteroatoms. The number of benzene rings is 1. The zero-order chi connectivity index (χ0) is 14.2. The zero-order valence-corrected chi connectivity index (χ0v) is 12.2. The van der Waals surface area contributed by atoms with Gasteiger partial charge in [0.1, 0.15) is 11.4 Å². The number of hydrogen-bond donors (Lipinski definition) is 1. The number of aryl methyl sites for hydroxylation is 1. The first-order valence-electron chi connectivity index (χ1n) is 5.49. The van der Waals surface area contributed by atoms with E-state index in [2.05, 4.69) is 21.1 Å². The Balaban J connectivity index is 2.69. The van der Waals surface area contributed by atoms with Crippen LogP contribution in [0.5, 0.6) is 5.75 Å². The Morgan fingerprint density at radius 3 is 2.63 bits per heavy atom. The highest BCUT2D eigenvalue weighted by molar-refractivity contribution is 9.10. The Morgan fingerprint density at radius 1 is 1.42 bits per heavy atom. The van der Waals surface area contributed by atoms with Gasteiger partial charge in [-0.15, -0.1) is 0 Å². The van der Waals surface area contributed by atoms with Crippen molar-refractivity contribution in [1.29, 1.82) is 0 Å². The van der Waals surface area contributed by atoms with Gasteiger partial charge in [0.25, 0.3) is 0 Å². The van der Waals surface area contributed by atoms with E-state index in [0.717, 1.165) is 21.2 Å². The highest BCUT2D eigenvalue weighted by Crippen LogP contribution is 2.40. The Kier molecular flexibility index (Phi) is 3.61. The average molecular weight is 326 g/mol. The van der Waals surface area contributed by atoms with E-state index in [-0.39, 0.29) is 5.76 Å². The van der Waals surface area contributed by atoms with Crippen LogP contribution in [0, 0.1) is 13.8 Å². The Hall–Kier alpha value is -1.82. The molecule has 1 aromatic carbocycles. The third-order valence-corrected chi connectivity index (χ3v) is 3.52. The van der Waals surface area contributed by atoms with E-state index < -0.39 is 5.97 Å². The number of halogens is 1. The van der Waals surface area contributed by atoms with Gasteiger partial charge in [-0.05, 0) is 47.0 Å². The van der Waals surface area contributed by atoms with E-state index in [1.165, 1.54) is 6.07 Å². The van der Waals surface area contributed by atoms with Crippen LogP contribution in [0.15, 0.2) is 21.1 Å². The van der Waals surface area contributed by atoms with E-state index in [4.69, 9.17) is 14.4 Å². The number of aromatic carboxylic acids is 1. The molecular formula is C13H12BrNO4. The van der Waals surface area contributed by atoms with Gasteiger partial charge in [-0.1, -0.05) is 5.16 Å². The second-order valence-corrected chi connectivity index (χ2v) is 4.94. The van der Waals surface area contributed by atoms with Gasteiger partial charge in [0.2, 0.25) is 5.76 Å². The number of rotatable bonds is 3. The molecule has 0 bridgehead atoms. The summed E-state index contributed by atoms with van der Waals surface area (Å²) in [6.45, 7) is 3.88. The lowest BCUT2D eigenvalue weighted by atomic mass is 9.99. The molecule has 2 rings (SSSR count). The van der Waals surface area contributed by atoms with Crippen LogP contribution in [0.1, 0.15) is 21.7 Å². The molecule has 5 nitrogen and oxygen atoms in total. The van der Waals surface area contributed by atoms with E-state index in [0.29, 0.717) is 11.4 Å². The Labute approximate surface area is 118 Å². The molecule has 0 aliphatic carbocycles. The number of aromatic nitrogens is 1. The van der Waals surface area contributed by atoms with E-state index in [9.17, 15) is 4.79 Å². The quantitative estimate of drug-likeness (QED) is 0.935. The van der Waals surface area contributed by atoms with Gasteiger partial charge in [0.05, 0.1) is 17.1 Å². The van der Waals surface area contributed by atoms with Crippen molar-refractivity contribution in [3.63, 3.8) is 0 Å². The predicted molar refractivity (Wildman–Crippen MR) is 72.6 cm³/mol. The first-order chi connectivity index (χ1) is 8.95. The van der Waals surface area contributed by atoms with Gasteiger partial charge in [0, 0.05) is 6.07 Å². The molecule has 0 aliphatic rings. The molecule has 0 saturated heterocycles. The van der Waals surface area contributed by atoms with E-state index in [1.807, 2.05) is 19.9 Å². The summed E-state index contributed by atoms with van der Waals surface area (Å²) in [7, 11) is 1.55. The van der Waals surface area contributed by atoms with Gasteiger partial charge in [-0.3, -0.25) is 0 Å². The summed E-state index contributed by atoms with van der Waals surface area (Å²) in [5, 5.41) is 12.7. The second-order valence-electron chi connectivity index (χ2n) is 4.09. The number of carbonyl (C=O) groups is 1. The first kappa shape index (κ1) is 13.6. The lowest BCUT2D eigenvalue weighted by Crippen LogP contribution is -1.95. The fourth-order valence-corrected chi connectivity index (χ4v) is 2.56. The largest absolute Gasteiger partial charge is 0.495 e. The van der Waals surface area contributed by atoms with Crippen molar-refractivity contribution in [3.8, 4) is 17.0 Å². The number of ether oxygens (including phenoxy) is 1. The zero-order valence-electron chi connectivity index (χ0n) is 10.7. The van der Waals surface area contributed by atoms with Gasteiger partial charge in [-0.25, -0.2) is 4.79 Å².